The molecule has 248 valence electrons. The van der Waals surface area contributed by atoms with E-state index in [-0.39, 0.29) is 12.5 Å². The van der Waals surface area contributed by atoms with E-state index in [1.807, 2.05) is 0 Å². The van der Waals surface area contributed by atoms with Gasteiger partial charge in [0.2, 0.25) is 5.91 Å². The van der Waals surface area contributed by atoms with Gasteiger partial charge in [0.25, 0.3) is 0 Å². The number of aliphatic hydroxyl groups is 3. The Bertz CT molecular complexity index is 621. The van der Waals surface area contributed by atoms with Gasteiger partial charge in [-0.3, -0.25) is 4.79 Å². The van der Waals surface area contributed by atoms with Gasteiger partial charge < -0.3 is 20.6 Å². The molecular formula is C37H71NO4. The van der Waals surface area contributed by atoms with Gasteiger partial charge >= 0.3 is 0 Å². The van der Waals surface area contributed by atoms with E-state index < -0.39 is 18.2 Å². The molecule has 0 aromatic rings. The van der Waals surface area contributed by atoms with Crippen molar-refractivity contribution in [1.29, 1.82) is 0 Å². The molecule has 5 nitrogen and oxygen atoms in total. The summed E-state index contributed by atoms with van der Waals surface area (Å²) < 4.78 is 0. The summed E-state index contributed by atoms with van der Waals surface area (Å²) in [5.41, 5.74) is 0. The van der Waals surface area contributed by atoms with Gasteiger partial charge in [0.05, 0.1) is 18.8 Å². The molecule has 0 bridgehead atoms. The van der Waals surface area contributed by atoms with E-state index >= 15 is 0 Å². The van der Waals surface area contributed by atoms with Crippen LogP contribution in [0.4, 0.5) is 0 Å². The van der Waals surface area contributed by atoms with E-state index in [2.05, 4.69) is 43.5 Å². The maximum absolute atomic E-state index is 12.3. The van der Waals surface area contributed by atoms with Gasteiger partial charge in [0.15, 0.2) is 0 Å². The zero-order valence-electron chi connectivity index (χ0n) is 27.9. The zero-order valence-corrected chi connectivity index (χ0v) is 27.9. The highest BCUT2D eigenvalue weighted by Crippen LogP contribution is 2.15. The lowest BCUT2D eigenvalue weighted by atomic mass is 9.99. The molecule has 0 aliphatic carbocycles. The van der Waals surface area contributed by atoms with E-state index in [4.69, 9.17) is 0 Å². The number of amides is 1. The van der Waals surface area contributed by atoms with Crippen LogP contribution in [0.5, 0.6) is 0 Å². The Balaban J connectivity index is 3.71. The second-order valence-corrected chi connectivity index (χ2v) is 12.4. The van der Waals surface area contributed by atoms with Gasteiger partial charge in [-0.25, -0.2) is 0 Å². The van der Waals surface area contributed by atoms with Crippen molar-refractivity contribution in [2.45, 2.75) is 199 Å². The molecule has 0 saturated heterocycles. The van der Waals surface area contributed by atoms with Crippen molar-refractivity contribution in [3.63, 3.8) is 0 Å². The standard InChI is InChI=1S/C37H71NO4/c1-3-5-7-9-11-13-15-16-17-18-19-20-22-24-26-28-30-32-36(41)38-34(33-39)37(42)35(40)31-29-27-25-23-21-14-12-10-8-6-4-2/h11,13,16-17,34-35,37,39-40,42H,3-10,12,14-15,18-33H2,1-2H3,(H,38,41)/b13-11-,17-16-. The van der Waals surface area contributed by atoms with Crippen molar-refractivity contribution in [3.05, 3.63) is 24.3 Å². The van der Waals surface area contributed by atoms with Crippen LogP contribution in [-0.2, 0) is 4.79 Å². The van der Waals surface area contributed by atoms with Crippen LogP contribution < -0.4 is 5.32 Å². The molecule has 3 unspecified atom stereocenters. The summed E-state index contributed by atoms with van der Waals surface area (Å²) in [5, 5.41) is 33.3. The predicted molar refractivity (Wildman–Crippen MR) is 181 cm³/mol. The Labute approximate surface area is 261 Å². The van der Waals surface area contributed by atoms with E-state index in [1.165, 1.54) is 103 Å². The number of hydrogen-bond acceptors (Lipinski definition) is 4. The first-order valence-electron chi connectivity index (χ1n) is 18.1. The third kappa shape index (κ3) is 27.7. The molecule has 3 atom stereocenters. The molecule has 0 heterocycles. The summed E-state index contributed by atoms with van der Waals surface area (Å²) >= 11 is 0. The first-order valence-corrected chi connectivity index (χ1v) is 18.1. The maximum Gasteiger partial charge on any atom is 0.220 e. The molecule has 42 heavy (non-hydrogen) atoms. The maximum atomic E-state index is 12.3. The van der Waals surface area contributed by atoms with Crippen LogP contribution in [0.15, 0.2) is 24.3 Å². The molecular weight excluding hydrogens is 522 g/mol. The lowest BCUT2D eigenvalue weighted by Crippen LogP contribution is -2.50. The Morgan fingerprint density at radius 2 is 1.02 bits per heavy atom. The number of hydrogen-bond donors (Lipinski definition) is 4. The third-order valence-electron chi connectivity index (χ3n) is 8.31. The van der Waals surface area contributed by atoms with E-state index in [1.54, 1.807) is 0 Å². The first-order chi connectivity index (χ1) is 20.6. The summed E-state index contributed by atoms with van der Waals surface area (Å²) in [6.07, 6.45) is 36.9. The molecule has 5 heteroatoms. The average molecular weight is 594 g/mol. The molecule has 0 aromatic carbocycles. The van der Waals surface area contributed by atoms with Crippen molar-refractivity contribution in [2.75, 3.05) is 6.61 Å². The number of rotatable bonds is 32. The number of allylic oxidation sites excluding steroid dienone is 4. The fraction of sp³-hybridized carbons (Fsp3) is 0.865. The quantitative estimate of drug-likeness (QED) is 0.0462. The lowest BCUT2D eigenvalue weighted by Gasteiger charge is -2.26. The summed E-state index contributed by atoms with van der Waals surface area (Å²) in [6, 6.07) is -0.809. The van der Waals surface area contributed by atoms with Gasteiger partial charge in [-0.2, -0.15) is 0 Å². The third-order valence-corrected chi connectivity index (χ3v) is 8.31. The number of carbonyl (C=O) groups excluding carboxylic acids is 1. The van der Waals surface area contributed by atoms with Crippen molar-refractivity contribution in [1.82, 2.24) is 5.32 Å². The fourth-order valence-corrected chi connectivity index (χ4v) is 5.43. The second kappa shape index (κ2) is 32.7. The van der Waals surface area contributed by atoms with Gasteiger partial charge in [-0.05, 0) is 44.9 Å². The molecule has 0 aliphatic rings. The number of carbonyl (C=O) groups is 1. The minimum absolute atomic E-state index is 0.155. The number of nitrogens with one attached hydrogen (secondary N) is 1. The Hall–Kier alpha value is -1.17. The van der Waals surface area contributed by atoms with Crippen LogP contribution in [0.3, 0.4) is 0 Å². The van der Waals surface area contributed by atoms with Crippen LogP contribution in [0.25, 0.3) is 0 Å². The van der Waals surface area contributed by atoms with Crippen LogP contribution in [0, 0.1) is 0 Å². The van der Waals surface area contributed by atoms with E-state index in [9.17, 15) is 20.1 Å². The highest BCUT2D eigenvalue weighted by molar-refractivity contribution is 5.76. The molecule has 4 N–H and O–H groups in total. The minimum atomic E-state index is -1.14. The Kier molecular flexibility index (Phi) is 31.8. The number of aliphatic hydroxyl groups excluding tert-OH is 3. The minimum Gasteiger partial charge on any atom is -0.394 e. The summed E-state index contributed by atoms with van der Waals surface area (Å²) in [7, 11) is 0. The van der Waals surface area contributed by atoms with E-state index in [0.717, 1.165) is 51.4 Å². The summed E-state index contributed by atoms with van der Waals surface area (Å²) in [4.78, 5) is 12.3. The van der Waals surface area contributed by atoms with Crippen molar-refractivity contribution in [3.8, 4) is 0 Å². The van der Waals surface area contributed by atoms with Gasteiger partial charge in [0, 0.05) is 6.42 Å². The van der Waals surface area contributed by atoms with Gasteiger partial charge in [-0.1, -0.05) is 154 Å². The molecule has 0 spiro atoms. The van der Waals surface area contributed by atoms with Gasteiger partial charge in [-0.15, -0.1) is 0 Å². The Morgan fingerprint density at radius 1 is 0.595 bits per heavy atom. The summed E-state index contributed by atoms with van der Waals surface area (Å²) in [6.45, 7) is 4.12. The highest BCUT2D eigenvalue weighted by Gasteiger charge is 2.26. The summed E-state index contributed by atoms with van der Waals surface area (Å²) in [5.74, 6) is -0.155. The fourth-order valence-electron chi connectivity index (χ4n) is 5.43. The van der Waals surface area contributed by atoms with E-state index in [0.29, 0.717) is 12.8 Å². The number of unbranched alkanes of at least 4 members (excludes halogenated alkanes) is 20. The van der Waals surface area contributed by atoms with Crippen molar-refractivity contribution >= 4 is 5.91 Å². The average Bonchev–Trinajstić information content (AvgIpc) is 2.99. The SMILES string of the molecule is CCCCC/C=C\C/C=C\CCCCCCCCCC(=O)NC(CO)C(O)C(O)CCCCCCCCCCCCC. The van der Waals surface area contributed by atoms with Crippen LogP contribution >= 0.6 is 0 Å². The molecule has 0 aromatic heterocycles. The molecule has 0 radical (unpaired) electrons. The molecule has 0 saturated carbocycles. The Morgan fingerprint density at radius 3 is 1.55 bits per heavy atom. The topological polar surface area (TPSA) is 89.8 Å². The second-order valence-electron chi connectivity index (χ2n) is 12.4. The van der Waals surface area contributed by atoms with Crippen molar-refractivity contribution in [2.24, 2.45) is 0 Å². The zero-order chi connectivity index (χ0) is 30.9. The lowest BCUT2D eigenvalue weighted by molar-refractivity contribution is -0.124. The molecule has 0 aliphatic heterocycles. The molecule has 0 fully saturated rings. The van der Waals surface area contributed by atoms with Crippen LogP contribution in [0.1, 0.15) is 181 Å². The van der Waals surface area contributed by atoms with Crippen molar-refractivity contribution < 1.29 is 20.1 Å². The van der Waals surface area contributed by atoms with Crippen LogP contribution in [-0.4, -0.2) is 46.1 Å². The normalized spacial score (nSPS) is 14.1. The van der Waals surface area contributed by atoms with Crippen LogP contribution in [0.2, 0.25) is 0 Å². The monoisotopic (exact) mass is 594 g/mol. The molecule has 1 amide bonds. The first kappa shape index (κ1) is 40.8. The molecule has 0 rings (SSSR count). The highest BCUT2D eigenvalue weighted by atomic mass is 16.3. The van der Waals surface area contributed by atoms with Gasteiger partial charge in [0.1, 0.15) is 6.10 Å². The predicted octanol–water partition coefficient (Wildman–Crippen LogP) is 9.48. The smallest absolute Gasteiger partial charge is 0.220 e. The largest absolute Gasteiger partial charge is 0.394 e.